The molecule has 0 radical (unpaired) electrons. The van der Waals surface area contributed by atoms with Gasteiger partial charge in [-0.1, -0.05) is 29.0 Å². The highest BCUT2D eigenvalue weighted by Crippen LogP contribution is 2.36. The van der Waals surface area contributed by atoms with Crippen molar-refractivity contribution in [2.24, 2.45) is 0 Å². The third-order valence-corrected chi connectivity index (χ3v) is 7.21. The van der Waals surface area contributed by atoms with E-state index < -0.39 is 0 Å². The summed E-state index contributed by atoms with van der Waals surface area (Å²) in [5.74, 6) is -0.299. The Morgan fingerprint density at radius 1 is 1.21 bits per heavy atom. The molecule has 34 heavy (non-hydrogen) atoms. The first kappa shape index (κ1) is 24.3. The van der Waals surface area contributed by atoms with Crippen LogP contribution in [-0.2, 0) is 5.54 Å². The van der Waals surface area contributed by atoms with Crippen molar-refractivity contribution < 1.29 is 9.59 Å². The van der Waals surface area contributed by atoms with Crippen LogP contribution in [-0.4, -0.2) is 69.1 Å². The van der Waals surface area contributed by atoms with Gasteiger partial charge in [-0.25, -0.2) is 4.68 Å². The zero-order valence-electron chi connectivity index (χ0n) is 21.1. The number of amides is 2. The molecular weight excluding hydrogens is 448 g/mol. The Balaban J connectivity index is 1.71. The Hall–Kier alpha value is -2.78. The maximum Gasteiger partial charge on any atom is 0.276 e. The van der Waals surface area contributed by atoms with Gasteiger partial charge in [0.2, 0.25) is 0 Å². The third kappa shape index (κ3) is 4.59. The second-order valence-corrected chi connectivity index (χ2v) is 11.7. The molecule has 8 nitrogen and oxygen atoms in total. The van der Waals surface area contributed by atoms with E-state index in [4.69, 9.17) is 5.10 Å². The van der Waals surface area contributed by atoms with E-state index in [0.717, 1.165) is 24.9 Å². The molecule has 1 aromatic carbocycles. The number of carbonyl (C=O) groups excluding carboxylic acids is 2. The summed E-state index contributed by atoms with van der Waals surface area (Å²) >= 11 is 1.30. The van der Waals surface area contributed by atoms with Crippen molar-refractivity contribution in [3.05, 3.63) is 41.1 Å². The highest BCUT2D eigenvalue weighted by molar-refractivity contribution is 7.22. The fraction of sp³-hybridized carbons (Fsp3) is 0.520. The van der Waals surface area contributed by atoms with Crippen LogP contribution < -0.4 is 5.32 Å². The number of likely N-dealkylation sites (N-methyl/N-ethyl adjacent to an activating group) is 1. The average Bonchev–Trinajstić information content (AvgIpc) is 3.39. The van der Waals surface area contributed by atoms with Crippen molar-refractivity contribution in [1.29, 1.82) is 0 Å². The maximum atomic E-state index is 13.8. The number of carbonyl (C=O) groups is 2. The molecule has 2 aromatic heterocycles. The molecule has 2 amide bonds. The number of fused-ring (bicyclic) bond motifs is 1. The van der Waals surface area contributed by atoms with Gasteiger partial charge in [0.15, 0.2) is 16.5 Å². The van der Waals surface area contributed by atoms with E-state index in [9.17, 15) is 9.59 Å². The molecule has 0 aliphatic carbocycles. The monoisotopic (exact) mass is 482 g/mol. The van der Waals surface area contributed by atoms with Crippen molar-refractivity contribution in [3.63, 3.8) is 0 Å². The van der Waals surface area contributed by atoms with E-state index in [1.54, 1.807) is 16.8 Å². The minimum atomic E-state index is -0.374. The Labute approximate surface area is 204 Å². The Kier molecular flexibility index (Phi) is 6.29. The fourth-order valence-electron chi connectivity index (χ4n) is 4.68. The normalized spacial score (nSPS) is 18.8. The number of thiazole rings is 1. The molecule has 182 valence electrons. The van der Waals surface area contributed by atoms with Crippen LogP contribution in [0, 0.1) is 6.92 Å². The summed E-state index contributed by atoms with van der Waals surface area (Å²) in [6.45, 7) is 11.7. The first-order chi connectivity index (χ1) is 15.9. The van der Waals surface area contributed by atoms with Gasteiger partial charge in [-0.3, -0.25) is 14.9 Å². The van der Waals surface area contributed by atoms with Crippen molar-refractivity contribution in [2.45, 2.75) is 58.5 Å². The number of rotatable bonds is 5. The SMILES string of the molecule is Cc1ccc(C(=O)Nc2nc3c(s2)c(C(=O)N2CCCC2(C)CN(C)C)nn3C(C)(C)C)cc1. The molecule has 0 bridgehead atoms. The first-order valence-electron chi connectivity index (χ1n) is 11.6. The summed E-state index contributed by atoms with van der Waals surface area (Å²) < 4.78 is 2.51. The molecule has 1 aliphatic heterocycles. The number of hydrogen-bond donors (Lipinski definition) is 1. The van der Waals surface area contributed by atoms with Gasteiger partial charge in [-0.05, 0) is 73.7 Å². The summed E-state index contributed by atoms with van der Waals surface area (Å²) in [5, 5.41) is 8.11. The van der Waals surface area contributed by atoms with Crippen LogP contribution in [0.15, 0.2) is 24.3 Å². The van der Waals surface area contributed by atoms with Crippen molar-refractivity contribution in [3.8, 4) is 0 Å². The van der Waals surface area contributed by atoms with Crippen LogP contribution in [0.4, 0.5) is 5.13 Å². The Morgan fingerprint density at radius 2 is 1.88 bits per heavy atom. The van der Waals surface area contributed by atoms with Gasteiger partial charge >= 0.3 is 0 Å². The zero-order valence-corrected chi connectivity index (χ0v) is 21.9. The lowest BCUT2D eigenvalue weighted by Crippen LogP contribution is -2.51. The van der Waals surface area contributed by atoms with E-state index in [2.05, 4.69) is 22.1 Å². The summed E-state index contributed by atoms with van der Waals surface area (Å²) in [6, 6.07) is 7.40. The molecule has 4 rings (SSSR count). The summed E-state index contributed by atoms with van der Waals surface area (Å²) in [4.78, 5) is 35.4. The van der Waals surface area contributed by atoms with Crippen LogP contribution in [0.3, 0.4) is 0 Å². The van der Waals surface area contributed by atoms with E-state index in [-0.39, 0.29) is 22.9 Å². The minimum Gasteiger partial charge on any atom is -0.331 e. The minimum absolute atomic E-state index is 0.0742. The maximum absolute atomic E-state index is 13.8. The van der Waals surface area contributed by atoms with Gasteiger partial charge in [0, 0.05) is 18.7 Å². The van der Waals surface area contributed by atoms with Gasteiger partial charge in [0.25, 0.3) is 11.8 Å². The number of nitrogens with one attached hydrogen (secondary N) is 1. The standard InChI is InChI=1S/C25H34N6O2S/c1-16-9-11-17(12-10-16)21(32)27-23-26-20-19(34-23)18(28-31(20)24(2,3)4)22(33)30-14-8-13-25(30,5)15-29(6)7/h9-12H,8,13-15H2,1-7H3,(H,26,27,32). The van der Waals surface area contributed by atoms with E-state index in [1.165, 1.54) is 11.3 Å². The fourth-order valence-corrected chi connectivity index (χ4v) is 5.60. The molecule has 3 aromatic rings. The number of benzene rings is 1. The molecular formula is C25H34N6O2S. The molecule has 0 saturated carbocycles. The van der Waals surface area contributed by atoms with Crippen molar-refractivity contribution >= 4 is 38.6 Å². The molecule has 3 heterocycles. The zero-order chi connectivity index (χ0) is 24.8. The van der Waals surface area contributed by atoms with Crippen molar-refractivity contribution in [2.75, 3.05) is 32.5 Å². The molecule has 1 N–H and O–H groups in total. The molecule has 1 saturated heterocycles. The van der Waals surface area contributed by atoms with Gasteiger partial charge in [0.05, 0.1) is 11.1 Å². The van der Waals surface area contributed by atoms with Crippen LogP contribution in [0.1, 0.15) is 66.9 Å². The van der Waals surface area contributed by atoms with Gasteiger partial charge in [-0.15, -0.1) is 0 Å². The number of anilines is 1. The predicted molar refractivity (Wildman–Crippen MR) is 137 cm³/mol. The van der Waals surface area contributed by atoms with Crippen LogP contribution in [0.2, 0.25) is 0 Å². The van der Waals surface area contributed by atoms with Crippen LogP contribution >= 0.6 is 11.3 Å². The Bertz CT molecular complexity index is 1220. The van der Waals surface area contributed by atoms with E-state index in [0.29, 0.717) is 33.3 Å². The molecule has 1 unspecified atom stereocenters. The highest BCUT2D eigenvalue weighted by Gasteiger charge is 2.42. The van der Waals surface area contributed by atoms with Crippen LogP contribution in [0.25, 0.3) is 10.3 Å². The molecule has 1 atom stereocenters. The third-order valence-electron chi connectivity index (χ3n) is 6.25. The first-order valence-corrected chi connectivity index (χ1v) is 12.5. The van der Waals surface area contributed by atoms with Gasteiger partial charge < -0.3 is 9.80 Å². The summed E-state index contributed by atoms with van der Waals surface area (Å²) in [5.41, 5.74) is 2.06. The lowest BCUT2D eigenvalue weighted by molar-refractivity contribution is 0.0567. The number of aromatic nitrogens is 3. The molecule has 0 spiro atoms. The second kappa shape index (κ2) is 8.78. The van der Waals surface area contributed by atoms with Crippen LogP contribution in [0.5, 0.6) is 0 Å². The van der Waals surface area contributed by atoms with E-state index >= 15 is 0 Å². The smallest absolute Gasteiger partial charge is 0.276 e. The van der Waals surface area contributed by atoms with Gasteiger partial charge in [-0.2, -0.15) is 10.1 Å². The number of likely N-dealkylation sites (tertiary alicyclic amines) is 1. The average molecular weight is 483 g/mol. The quantitative estimate of drug-likeness (QED) is 0.584. The molecule has 1 fully saturated rings. The number of nitrogens with zero attached hydrogens (tertiary/aromatic N) is 5. The van der Waals surface area contributed by atoms with Gasteiger partial charge in [0.1, 0.15) is 4.70 Å². The number of aryl methyl sites for hydroxylation is 1. The highest BCUT2D eigenvalue weighted by atomic mass is 32.1. The summed E-state index contributed by atoms with van der Waals surface area (Å²) in [7, 11) is 4.07. The second-order valence-electron chi connectivity index (χ2n) is 10.7. The van der Waals surface area contributed by atoms with E-state index in [1.807, 2.05) is 58.8 Å². The van der Waals surface area contributed by atoms with Crippen molar-refractivity contribution in [1.82, 2.24) is 24.6 Å². The topological polar surface area (TPSA) is 83.4 Å². The molecule has 9 heteroatoms. The Morgan fingerprint density at radius 3 is 2.50 bits per heavy atom. The largest absolute Gasteiger partial charge is 0.331 e. The number of hydrogen-bond acceptors (Lipinski definition) is 6. The predicted octanol–water partition coefficient (Wildman–Crippen LogP) is 4.36. The molecule has 1 aliphatic rings. The lowest BCUT2D eigenvalue weighted by atomic mass is 9.98. The lowest BCUT2D eigenvalue weighted by Gasteiger charge is -2.37. The summed E-state index contributed by atoms with van der Waals surface area (Å²) in [6.07, 6.45) is 1.93.